The molecule has 3 nitrogen and oxygen atoms in total. The lowest BCUT2D eigenvalue weighted by Crippen LogP contribution is -2.44. The van der Waals surface area contributed by atoms with Gasteiger partial charge in [0.15, 0.2) is 0 Å². The van der Waals surface area contributed by atoms with E-state index in [1.165, 1.54) is 0 Å². The van der Waals surface area contributed by atoms with Crippen LogP contribution in [0.5, 0.6) is 0 Å². The van der Waals surface area contributed by atoms with Gasteiger partial charge in [0, 0.05) is 11.0 Å². The quantitative estimate of drug-likeness (QED) is 0.933. The van der Waals surface area contributed by atoms with Crippen LogP contribution in [0, 0.1) is 23.7 Å². The van der Waals surface area contributed by atoms with Crippen molar-refractivity contribution in [1.29, 1.82) is 5.26 Å². The molecule has 0 spiro atoms. The maximum absolute atomic E-state index is 12.0. The first-order valence-corrected chi connectivity index (χ1v) is 6.81. The SMILES string of the molecule is Cc1ccc(Br)cc1CNC(=O)C1(C#N)CCC1. The molecule has 1 N–H and O–H groups in total. The lowest BCUT2D eigenvalue weighted by molar-refractivity contribution is -0.131. The number of amides is 1. The maximum atomic E-state index is 12.0. The normalized spacial score (nSPS) is 16.5. The van der Waals surface area contributed by atoms with Gasteiger partial charge in [-0.05, 0) is 49.4 Å². The third-order valence-electron chi connectivity index (χ3n) is 3.61. The van der Waals surface area contributed by atoms with Crippen LogP contribution in [0.2, 0.25) is 0 Å². The summed E-state index contributed by atoms with van der Waals surface area (Å²) in [6, 6.07) is 8.14. The van der Waals surface area contributed by atoms with Crippen LogP contribution in [-0.4, -0.2) is 5.91 Å². The Morgan fingerprint density at radius 1 is 1.56 bits per heavy atom. The Morgan fingerprint density at radius 2 is 2.28 bits per heavy atom. The van der Waals surface area contributed by atoms with Gasteiger partial charge in [-0.1, -0.05) is 22.0 Å². The minimum absolute atomic E-state index is 0.129. The summed E-state index contributed by atoms with van der Waals surface area (Å²) in [4.78, 5) is 12.0. The Balaban J connectivity index is 2.02. The van der Waals surface area contributed by atoms with Crippen molar-refractivity contribution in [1.82, 2.24) is 5.32 Å². The molecule has 1 fully saturated rings. The minimum atomic E-state index is -0.764. The second kappa shape index (κ2) is 5.11. The molecule has 94 valence electrons. The first kappa shape index (κ1) is 13.1. The number of rotatable bonds is 3. The molecule has 4 heteroatoms. The molecule has 18 heavy (non-hydrogen) atoms. The predicted octanol–water partition coefficient (Wildman–Crippen LogP) is 3.07. The van der Waals surface area contributed by atoms with Crippen LogP contribution < -0.4 is 5.32 Å². The van der Waals surface area contributed by atoms with Crippen molar-refractivity contribution in [3.05, 3.63) is 33.8 Å². The average molecular weight is 307 g/mol. The summed E-state index contributed by atoms with van der Waals surface area (Å²) in [6.45, 7) is 2.49. The standard InChI is InChI=1S/C14H15BrN2O/c1-10-3-4-12(15)7-11(10)8-17-13(18)14(9-16)5-2-6-14/h3-4,7H,2,5-6,8H2,1H3,(H,17,18). The summed E-state index contributed by atoms with van der Waals surface area (Å²) in [6.07, 6.45) is 2.34. The number of nitrogens with one attached hydrogen (secondary N) is 1. The third-order valence-corrected chi connectivity index (χ3v) is 4.10. The Labute approximate surface area is 115 Å². The van der Waals surface area contributed by atoms with Crippen LogP contribution in [0.25, 0.3) is 0 Å². The lowest BCUT2D eigenvalue weighted by atomic mass is 9.69. The molecule has 1 amide bonds. The molecule has 0 bridgehead atoms. The highest BCUT2D eigenvalue weighted by atomic mass is 79.9. The maximum Gasteiger partial charge on any atom is 0.240 e. The van der Waals surface area contributed by atoms with Crippen LogP contribution >= 0.6 is 15.9 Å². The molecule has 1 aromatic carbocycles. The third kappa shape index (κ3) is 2.41. The molecule has 0 saturated heterocycles. The second-order valence-electron chi connectivity index (χ2n) is 4.80. The van der Waals surface area contributed by atoms with Gasteiger partial charge < -0.3 is 5.32 Å². The number of carbonyl (C=O) groups is 1. The number of nitriles is 1. The van der Waals surface area contributed by atoms with Gasteiger partial charge in [0.2, 0.25) is 5.91 Å². The second-order valence-corrected chi connectivity index (χ2v) is 5.72. The fraction of sp³-hybridized carbons (Fsp3) is 0.429. The predicted molar refractivity (Wildman–Crippen MR) is 72.6 cm³/mol. The highest BCUT2D eigenvalue weighted by Gasteiger charge is 2.44. The highest BCUT2D eigenvalue weighted by Crippen LogP contribution is 2.40. The van der Waals surface area contributed by atoms with E-state index in [1.54, 1.807) is 0 Å². The van der Waals surface area contributed by atoms with E-state index in [9.17, 15) is 4.79 Å². The highest BCUT2D eigenvalue weighted by molar-refractivity contribution is 9.10. The average Bonchev–Trinajstić information content (AvgIpc) is 2.29. The van der Waals surface area contributed by atoms with Crippen molar-refractivity contribution in [2.45, 2.75) is 32.7 Å². The molecule has 1 aromatic rings. The number of benzene rings is 1. The van der Waals surface area contributed by atoms with Gasteiger partial charge in [-0.2, -0.15) is 5.26 Å². The van der Waals surface area contributed by atoms with Crippen LogP contribution in [0.1, 0.15) is 30.4 Å². The summed E-state index contributed by atoms with van der Waals surface area (Å²) < 4.78 is 0.996. The summed E-state index contributed by atoms with van der Waals surface area (Å²) in [7, 11) is 0. The topological polar surface area (TPSA) is 52.9 Å². The monoisotopic (exact) mass is 306 g/mol. The number of hydrogen-bond acceptors (Lipinski definition) is 2. The Bertz CT molecular complexity index is 515. The van der Waals surface area contributed by atoms with Gasteiger partial charge in [-0.25, -0.2) is 0 Å². The van der Waals surface area contributed by atoms with Crippen LogP contribution in [0.15, 0.2) is 22.7 Å². The van der Waals surface area contributed by atoms with Crippen molar-refractivity contribution in [2.75, 3.05) is 0 Å². The molecule has 2 rings (SSSR count). The first-order chi connectivity index (χ1) is 8.57. The smallest absolute Gasteiger partial charge is 0.240 e. The van der Waals surface area contributed by atoms with Crippen molar-refractivity contribution >= 4 is 21.8 Å². The summed E-state index contributed by atoms with van der Waals surface area (Å²) >= 11 is 3.42. The largest absolute Gasteiger partial charge is 0.351 e. The fourth-order valence-electron chi connectivity index (χ4n) is 2.10. The first-order valence-electron chi connectivity index (χ1n) is 6.02. The van der Waals surface area contributed by atoms with E-state index in [1.807, 2.05) is 25.1 Å². The van der Waals surface area contributed by atoms with Crippen molar-refractivity contribution in [3.8, 4) is 6.07 Å². The minimum Gasteiger partial charge on any atom is -0.351 e. The van der Waals surface area contributed by atoms with Gasteiger partial charge in [-0.15, -0.1) is 0 Å². The van der Waals surface area contributed by atoms with Crippen LogP contribution in [0.4, 0.5) is 0 Å². The molecular formula is C14H15BrN2O. The molecule has 0 unspecified atom stereocenters. The van der Waals surface area contributed by atoms with E-state index in [0.29, 0.717) is 19.4 Å². The van der Waals surface area contributed by atoms with E-state index in [4.69, 9.17) is 5.26 Å². The zero-order valence-corrected chi connectivity index (χ0v) is 11.9. The van der Waals surface area contributed by atoms with Crippen molar-refractivity contribution in [2.24, 2.45) is 5.41 Å². The zero-order valence-electron chi connectivity index (χ0n) is 10.3. The molecule has 0 atom stereocenters. The van der Waals surface area contributed by atoms with Crippen molar-refractivity contribution in [3.63, 3.8) is 0 Å². The number of hydrogen-bond donors (Lipinski definition) is 1. The molecule has 0 radical (unpaired) electrons. The number of halogens is 1. The van der Waals surface area contributed by atoms with E-state index in [0.717, 1.165) is 22.0 Å². The summed E-state index contributed by atoms with van der Waals surface area (Å²) in [5, 5.41) is 12.0. The van der Waals surface area contributed by atoms with Gasteiger partial charge in [-0.3, -0.25) is 4.79 Å². The van der Waals surface area contributed by atoms with E-state index in [2.05, 4.69) is 27.3 Å². The summed E-state index contributed by atoms with van der Waals surface area (Å²) in [5.41, 5.74) is 1.45. The van der Waals surface area contributed by atoms with Crippen molar-refractivity contribution < 1.29 is 4.79 Å². The molecule has 1 aliphatic carbocycles. The molecule has 0 aromatic heterocycles. The Hall–Kier alpha value is -1.34. The number of carbonyl (C=O) groups excluding carboxylic acids is 1. The fourth-order valence-corrected chi connectivity index (χ4v) is 2.50. The van der Waals surface area contributed by atoms with E-state index >= 15 is 0 Å². The van der Waals surface area contributed by atoms with E-state index in [-0.39, 0.29) is 5.91 Å². The summed E-state index contributed by atoms with van der Waals surface area (Å²) in [5.74, 6) is -0.129. The van der Waals surface area contributed by atoms with Gasteiger partial charge in [0.1, 0.15) is 5.41 Å². The molecule has 0 heterocycles. The van der Waals surface area contributed by atoms with Gasteiger partial charge in [0.05, 0.1) is 6.07 Å². The van der Waals surface area contributed by atoms with E-state index < -0.39 is 5.41 Å². The molecule has 1 saturated carbocycles. The van der Waals surface area contributed by atoms with Gasteiger partial charge >= 0.3 is 0 Å². The van der Waals surface area contributed by atoms with Crippen LogP contribution in [0.3, 0.4) is 0 Å². The Kier molecular flexibility index (Phi) is 3.72. The molecule has 0 aliphatic heterocycles. The zero-order chi connectivity index (χ0) is 13.2. The number of aryl methyl sites for hydroxylation is 1. The van der Waals surface area contributed by atoms with Gasteiger partial charge in [0.25, 0.3) is 0 Å². The lowest BCUT2D eigenvalue weighted by Gasteiger charge is -2.33. The number of nitrogens with zero attached hydrogens (tertiary/aromatic N) is 1. The molecule has 1 aliphatic rings. The van der Waals surface area contributed by atoms with Crippen LogP contribution in [-0.2, 0) is 11.3 Å². The Morgan fingerprint density at radius 3 is 2.83 bits per heavy atom. The molecular weight excluding hydrogens is 292 g/mol.